The van der Waals surface area contributed by atoms with E-state index in [2.05, 4.69) is 21.2 Å². The fourth-order valence-electron chi connectivity index (χ4n) is 2.39. The van der Waals surface area contributed by atoms with Crippen LogP contribution in [0.3, 0.4) is 0 Å². The number of nitrogens with one attached hydrogen (secondary N) is 1. The van der Waals surface area contributed by atoms with E-state index in [1.54, 1.807) is 7.11 Å². The lowest BCUT2D eigenvalue weighted by Gasteiger charge is -2.43. The Morgan fingerprint density at radius 1 is 1.57 bits per heavy atom. The summed E-state index contributed by atoms with van der Waals surface area (Å²) in [5.41, 5.74) is -0.273. The SMILES string of the molecule is CCNC1CC(Oc2cc(F)c(Br)cc2[N+](=O)[O-])C1OC. The first-order valence-electron chi connectivity index (χ1n) is 6.54. The smallest absolute Gasteiger partial charge is 0.312 e. The second-order valence-electron chi connectivity index (χ2n) is 4.75. The molecule has 3 unspecified atom stereocenters. The standard InChI is InChI=1S/C13H16BrFN2O4/c1-3-16-9-6-12(13(9)20-2)21-11-5-8(15)7(14)4-10(11)17(18)19/h4-5,9,12-13,16H,3,6H2,1-2H3. The van der Waals surface area contributed by atoms with Crippen LogP contribution in [-0.2, 0) is 4.74 Å². The van der Waals surface area contributed by atoms with Gasteiger partial charge in [0.1, 0.15) is 18.0 Å². The van der Waals surface area contributed by atoms with Gasteiger partial charge in [-0.3, -0.25) is 10.1 Å². The minimum Gasteiger partial charge on any atom is -0.481 e. The molecule has 1 fully saturated rings. The number of methoxy groups -OCH3 is 1. The summed E-state index contributed by atoms with van der Waals surface area (Å²) in [6, 6.07) is 2.27. The second-order valence-corrected chi connectivity index (χ2v) is 5.60. The zero-order valence-corrected chi connectivity index (χ0v) is 13.2. The van der Waals surface area contributed by atoms with Gasteiger partial charge in [-0.25, -0.2) is 4.39 Å². The van der Waals surface area contributed by atoms with Crippen molar-refractivity contribution < 1.29 is 18.8 Å². The topological polar surface area (TPSA) is 73.6 Å². The maximum absolute atomic E-state index is 13.6. The second kappa shape index (κ2) is 6.67. The van der Waals surface area contributed by atoms with Crippen LogP contribution >= 0.6 is 15.9 Å². The van der Waals surface area contributed by atoms with E-state index < -0.39 is 10.7 Å². The van der Waals surface area contributed by atoms with Gasteiger partial charge < -0.3 is 14.8 Å². The van der Waals surface area contributed by atoms with Crippen LogP contribution in [0.4, 0.5) is 10.1 Å². The lowest BCUT2D eigenvalue weighted by atomic mass is 9.85. The van der Waals surface area contributed by atoms with Crippen molar-refractivity contribution >= 4 is 21.6 Å². The summed E-state index contributed by atoms with van der Waals surface area (Å²) in [6.07, 6.45) is 0.107. The van der Waals surface area contributed by atoms with Gasteiger partial charge in [-0.2, -0.15) is 0 Å². The fraction of sp³-hybridized carbons (Fsp3) is 0.538. The zero-order valence-electron chi connectivity index (χ0n) is 11.6. The minimum atomic E-state index is -0.605. The highest BCUT2D eigenvalue weighted by Crippen LogP contribution is 2.36. The first-order chi connectivity index (χ1) is 9.97. The van der Waals surface area contributed by atoms with Crippen LogP contribution in [0.1, 0.15) is 13.3 Å². The molecular weight excluding hydrogens is 347 g/mol. The van der Waals surface area contributed by atoms with Crippen LogP contribution in [0.2, 0.25) is 0 Å². The van der Waals surface area contributed by atoms with E-state index >= 15 is 0 Å². The molecule has 8 heteroatoms. The minimum absolute atomic E-state index is 0.0315. The third-order valence-corrected chi connectivity index (χ3v) is 4.07. The Bertz CT molecular complexity index is 543. The van der Waals surface area contributed by atoms with E-state index in [1.165, 1.54) is 0 Å². The van der Waals surface area contributed by atoms with Gasteiger partial charge in [-0.05, 0) is 22.5 Å². The molecule has 1 N–H and O–H groups in total. The number of likely N-dealkylation sites (N-methyl/N-ethyl adjacent to an activating group) is 1. The third-order valence-electron chi connectivity index (χ3n) is 3.46. The molecule has 1 aromatic carbocycles. The van der Waals surface area contributed by atoms with Crippen LogP contribution in [0.5, 0.6) is 5.75 Å². The molecule has 0 bridgehead atoms. The molecule has 1 aliphatic rings. The molecule has 0 radical (unpaired) electrons. The van der Waals surface area contributed by atoms with Crippen molar-refractivity contribution in [2.75, 3.05) is 13.7 Å². The maximum Gasteiger partial charge on any atom is 0.312 e. The number of nitro groups is 1. The average Bonchev–Trinajstić information content (AvgIpc) is 2.41. The maximum atomic E-state index is 13.6. The molecular formula is C13H16BrFN2O4. The molecule has 3 atom stereocenters. The van der Waals surface area contributed by atoms with Crippen molar-refractivity contribution in [1.29, 1.82) is 0 Å². The summed E-state index contributed by atoms with van der Waals surface area (Å²) in [6.45, 7) is 2.78. The summed E-state index contributed by atoms with van der Waals surface area (Å²) in [4.78, 5) is 10.4. The molecule has 1 aliphatic carbocycles. The highest BCUT2D eigenvalue weighted by molar-refractivity contribution is 9.10. The van der Waals surface area contributed by atoms with E-state index in [1.807, 2.05) is 6.92 Å². The van der Waals surface area contributed by atoms with Gasteiger partial charge in [0.25, 0.3) is 0 Å². The number of nitro benzene ring substituents is 1. The largest absolute Gasteiger partial charge is 0.481 e. The third kappa shape index (κ3) is 3.33. The molecule has 6 nitrogen and oxygen atoms in total. The highest BCUT2D eigenvalue weighted by atomic mass is 79.9. The normalized spacial score (nSPS) is 24.5. The number of benzene rings is 1. The van der Waals surface area contributed by atoms with Gasteiger partial charge in [0.05, 0.1) is 9.40 Å². The Balaban J connectivity index is 2.16. The summed E-state index contributed by atoms with van der Waals surface area (Å²) < 4.78 is 24.5. The van der Waals surface area contributed by atoms with Crippen molar-refractivity contribution in [3.05, 3.63) is 32.5 Å². The predicted octanol–water partition coefficient (Wildman–Crippen LogP) is 2.64. The van der Waals surface area contributed by atoms with Crippen LogP contribution in [0.25, 0.3) is 0 Å². The Kier molecular flexibility index (Phi) is 5.13. The van der Waals surface area contributed by atoms with Crippen molar-refractivity contribution in [3.8, 4) is 5.75 Å². The van der Waals surface area contributed by atoms with E-state index in [-0.39, 0.29) is 34.2 Å². The summed E-state index contributed by atoms with van der Waals surface area (Å²) in [5, 5.41) is 14.3. The monoisotopic (exact) mass is 362 g/mol. The Hall–Kier alpha value is -1.25. The molecule has 116 valence electrons. The first-order valence-corrected chi connectivity index (χ1v) is 7.33. The van der Waals surface area contributed by atoms with Crippen LogP contribution in [-0.4, -0.2) is 36.8 Å². The van der Waals surface area contributed by atoms with E-state index in [0.29, 0.717) is 6.42 Å². The predicted molar refractivity (Wildman–Crippen MR) is 78.0 cm³/mol. The fourth-order valence-corrected chi connectivity index (χ4v) is 2.72. The number of hydrogen-bond donors (Lipinski definition) is 1. The van der Waals surface area contributed by atoms with Gasteiger partial charge >= 0.3 is 5.69 Å². The quantitative estimate of drug-likeness (QED) is 0.621. The lowest BCUT2D eigenvalue weighted by Crippen LogP contribution is -2.60. The van der Waals surface area contributed by atoms with Gasteiger partial charge in [0, 0.05) is 31.7 Å². The number of nitrogens with zero attached hydrogens (tertiary/aromatic N) is 1. The van der Waals surface area contributed by atoms with Gasteiger partial charge in [0.2, 0.25) is 0 Å². The summed E-state index contributed by atoms with van der Waals surface area (Å²) >= 11 is 2.93. The summed E-state index contributed by atoms with van der Waals surface area (Å²) in [7, 11) is 1.56. The van der Waals surface area contributed by atoms with Gasteiger partial charge in [-0.15, -0.1) is 0 Å². The molecule has 0 spiro atoms. The molecule has 1 saturated carbocycles. The van der Waals surface area contributed by atoms with Crippen molar-refractivity contribution in [1.82, 2.24) is 5.32 Å². The molecule has 21 heavy (non-hydrogen) atoms. The Morgan fingerprint density at radius 2 is 2.29 bits per heavy atom. The first kappa shape index (κ1) is 16.1. The number of hydrogen-bond acceptors (Lipinski definition) is 5. The van der Waals surface area contributed by atoms with E-state index in [0.717, 1.165) is 18.7 Å². The van der Waals surface area contributed by atoms with Crippen molar-refractivity contribution in [3.63, 3.8) is 0 Å². The van der Waals surface area contributed by atoms with E-state index in [9.17, 15) is 14.5 Å². The highest BCUT2D eigenvalue weighted by Gasteiger charge is 2.43. The van der Waals surface area contributed by atoms with Crippen LogP contribution in [0, 0.1) is 15.9 Å². The summed E-state index contributed by atoms with van der Waals surface area (Å²) in [5.74, 6) is -0.685. The molecule has 2 rings (SSSR count). The Labute approximate surface area is 129 Å². The molecule has 0 aliphatic heterocycles. The lowest BCUT2D eigenvalue weighted by molar-refractivity contribution is -0.386. The zero-order chi connectivity index (χ0) is 15.6. The number of ether oxygens (including phenoxy) is 2. The Morgan fingerprint density at radius 3 is 2.86 bits per heavy atom. The molecule has 0 amide bonds. The van der Waals surface area contributed by atoms with E-state index in [4.69, 9.17) is 9.47 Å². The number of halogens is 2. The van der Waals surface area contributed by atoms with Crippen LogP contribution in [0.15, 0.2) is 16.6 Å². The molecule has 0 aromatic heterocycles. The van der Waals surface area contributed by atoms with Crippen molar-refractivity contribution in [2.45, 2.75) is 31.6 Å². The van der Waals surface area contributed by atoms with Gasteiger partial charge in [0.15, 0.2) is 5.75 Å². The molecule has 0 heterocycles. The number of rotatable bonds is 6. The molecule has 0 saturated heterocycles. The van der Waals surface area contributed by atoms with Crippen LogP contribution < -0.4 is 10.1 Å². The average molecular weight is 363 g/mol. The molecule has 1 aromatic rings. The van der Waals surface area contributed by atoms with Crippen molar-refractivity contribution in [2.24, 2.45) is 0 Å². The van der Waals surface area contributed by atoms with Gasteiger partial charge in [-0.1, -0.05) is 6.92 Å².